The van der Waals surface area contributed by atoms with Gasteiger partial charge in [-0.15, -0.1) is 0 Å². The number of hydrogen-bond acceptors (Lipinski definition) is 15. The molecule has 6 heterocycles. The van der Waals surface area contributed by atoms with Crippen molar-refractivity contribution < 1.29 is 71.2 Å². The quantitative estimate of drug-likeness (QED) is 0.114. The third-order valence-corrected chi connectivity index (χ3v) is 21.4. The zero-order chi connectivity index (χ0) is 52.7. The van der Waals surface area contributed by atoms with Crippen LogP contribution in [0.1, 0.15) is 115 Å². The maximum absolute atomic E-state index is 14.9. The van der Waals surface area contributed by atoms with E-state index < -0.39 is 117 Å². The Morgan fingerprint density at radius 1 is 0.903 bits per heavy atom. The number of allylic oxidation sites excluding steroid dienone is 2. The molecule has 7 rings (SSSR count). The van der Waals surface area contributed by atoms with E-state index >= 15 is 0 Å². The van der Waals surface area contributed by atoms with Crippen molar-refractivity contribution in [1.29, 1.82) is 0 Å². The minimum atomic E-state index is -2.39. The highest BCUT2D eigenvalue weighted by Crippen LogP contribution is 2.50. The maximum Gasteiger partial charge on any atom is 0.404 e. The van der Waals surface area contributed by atoms with E-state index in [1.54, 1.807) is 21.1 Å². The van der Waals surface area contributed by atoms with Gasteiger partial charge in [0, 0.05) is 51.7 Å². The SMILES string of the molecule is CC[C@H](C)[C@H]1O[C@]2(C=C[C@@H]1C)C[C@@H]1C[C@@H](C/C=C(\C)[C@@H](O[C@H]3C[C@@H](OC)[C@@H](O[C@H]4C[C@@H](OC)[C@@H](OC(N)=O)[C@H](C)O4)[C@H](C)O3)[C@@H](C)/C=C/C=C3\CO[C@@H]4[C@H](O[Si](C)(C)C(C)(C)C)C(C)=C[C@@H](C(=O)O1)[C@]34O)O2. The summed E-state index contributed by atoms with van der Waals surface area (Å²) in [4.78, 5) is 26.5. The minimum absolute atomic E-state index is 0.0997. The maximum atomic E-state index is 14.9. The number of hydrogen-bond donors (Lipinski definition) is 2. The molecule has 16 nitrogen and oxygen atoms in total. The molecule has 1 aliphatic carbocycles. The number of fused-ring (bicyclic) bond motifs is 2. The molecule has 0 unspecified atom stereocenters. The number of carbonyl (C=O) groups is 2. The van der Waals surface area contributed by atoms with Crippen molar-refractivity contribution in [2.75, 3.05) is 20.8 Å². The summed E-state index contributed by atoms with van der Waals surface area (Å²) in [6.07, 6.45) is 8.43. The molecule has 4 fully saturated rings. The first-order valence-corrected chi connectivity index (χ1v) is 29.4. The van der Waals surface area contributed by atoms with E-state index in [0.717, 1.165) is 17.6 Å². The molecule has 72 heavy (non-hydrogen) atoms. The van der Waals surface area contributed by atoms with Crippen molar-refractivity contribution >= 4 is 20.4 Å². The molecule has 4 saturated heterocycles. The van der Waals surface area contributed by atoms with Crippen molar-refractivity contribution in [3.8, 4) is 0 Å². The molecule has 406 valence electrons. The lowest BCUT2D eigenvalue weighted by molar-refractivity contribution is -0.318. The van der Waals surface area contributed by atoms with Gasteiger partial charge in [-0.1, -0.05) is 91.3 Å². The Morgan fingerprint density at radius 2 is 1.56 bits per heavy atom. The van der Waals surface area contributed by atoms with Gasteiger partial charge in [-0.05, 0) is 81.0 Å². The average molecular weight is 1030 g/mol. The second-order valence-corrected chi connectivity index (χ2v) is 28.0. The smallest absolute Gasteiger partial charge is 0.404 e. The van der Waals surface area contributed by atoms with Gasteiger partial charge in [-0.2, -0.15) is 0 Å². The summed E-state index contributed by atoms with van der Waals surface area (Å²) >= 11 is 0. The Labute approximate surface area is 429 Å². The molecule has 0 aromatic carbocycles. The lowest BCUT2D eigenvalue weighted by atomic mass is 9.71. The fourth-order valence-corrected chi connectivity index (χ4v) is 12.8. The highest BCUT2D eigenvalue weighted by atomic mass is 28.4. The van der Waals surface area contributed by atoms with Crippen LogP contribution in [0.25, 0.3) is 0 Å². The van der Waals surface area contributed by atoms with E-state index in [1.165, 1.54) is 0 Å². The van der Waals surface area contributed by atoms with Gasteiger partial charge < -0.3 is 67.4 Å². The second kappa shape index (κ2) is 22.8. The van der Waals surface area contributed by atoms with Crippen LogP contribution in [0.4, 0.5) is 4.79 Å². The Morgan fingerprint density at radius 3 is 2.19 bits per heavy atom. The number of carbonyl (C=O) groups excluding carboxylic acids is 2. The molecule has 1 spiro atoms. The lowest BCUT2D eigenvalue weighted by Crippen LogP contribution is -2.60. The summed E-state index contributed by atoms with van der Waals surface area (Å²) in [6.45, 7) is 27.4. The van der Waals surface area contributed by atoms with Crippen LogP contribution in [-0.4, -0.2) is 144 Å². The van der Waals surface area contributed by atoms with Gasteiger partial charge in [0.25, 0.3) is 0 Å². The van der Waals surface area contributed by atoms with Crippen LogP contribution in [0.5, 0.6) is 0 Å². The molecule has 2 bridgehead atoms. The highest BCUT2D eigenvalue weighted by Gasteiger charge is 2.62. The summed E-state index contributed by atoms with van der Waals surface area (Å²) in [5.74, 6) is -2.48. The molecule has 7 aliphatic rings. The largest absolute Gasteiger partial charge is 0.462 e. The zero-order valence-electron chi connectivity index (χ0n) is 45.6. The monoisotopic (exact) mass is 1030 g/mol. The first-order chi connectivity index (χ1) is 33.8. The predicted octanol–water partition coefficient (Wildman–Crippen LogP) is 8.51. The molecule has 0 saturated carbocycles. The number of amides is 1. The fourth-order valence-electron chi connectivity index (χ4n) is 11.5. The number of nitrogens with two attached hydrogens (primary N) is 1. The Hall–Kier alpha value is -2.78. The molecule has 0 aromatic rings. The molecule has 17 heteroatoms. The van der Waals surface area contributed by atoms with Gasteiger partial charge in [0.2, 0.25) is 0 Å². The van der Waals surface area contributed by atoms with Crippen LogP contribution in [0, 0.1) is 23.7 Å². The van der Waals surface area contributed by atoms with Gasteiger partial charge in [-0.3, -0.25) is 4.79 Å². The summed E-state index contributed by atoms with van der Waals surface area (Å²) in [6, 6.07) is 0. The number of primary amides is 1. The highest BCUT2D eigenvalue weighted by molar-refractivity contribution is 6.74. The van der Waals surface area contributed by atoms with E-state index in [-0.39, 0.29) is 35.5 Å². The predicted molar refractivity (Wildman–Crippen MR) is 272 cm³/mol. The fraction of sp³-hybridized carbons (Fsp3) is 0.782. The van der Waals surface area contributed by atoms with E-state index in [9.17, 15) is 14.7 Å². The summed E-state index contributed by atoms with van der Waals surface area (Å²) < 4.78 is 77.6. The normalized spacial score (nSPS) is 44.4. The van der Waals surface area contributed by atoms with Crippen LogP contribution in [-0.2, 0) is 61.3 Å². The number of methoxy groups -OCH3 is 2. The van der Waals surface area contributed by atoms with Crippen molar-refractivity contribution in [1.82, 2.24) is 0 Å². The van der Waals surface area contributed by atoms with Gasteiger partial charge in [0.1, 0.15) is 35.9 Å². The molecule has 0 radical (unpaired) electrons. The summed E-state index contributed by atoms with van der Waals surface area (Å²) in [5, 5.41) is 13.1. The van der Waals surface area contributed by atoms with E-state index in [4.69, 9.17) is 62.3 Å². The Balaban J connectivity index is 1.20. The molecule has 1 amide bonds. The van der Waals surface area contributed by atoms with Crippen molar-refractivity contribution in [3.05, 3.63) is 59.3 Å². The first-order valence-electron chi connectivity index (χ1n) is 26.5. The van der Waals surface area contributed by atoms with Gasteiger partial charge in [-0.25, -0.2) is 4.79 Å². The van der Waals surface area contributed by atoms with E-state index in [0.29, 0.717) is 37.7 Å². The molecule has 0 aromatic heterocycles. The van der Waals surface area contributed by atoms with Gasteiger partial charge in [0.15, 0.2) is 32.8 Å². The van der Waals surface area contributed by atoms with Crippen molar-refractivity contribution in [2.24, 2.45) is 29.4 Å². The van der Waals surface area contributed by atoms with E-state index in [1.807, 2.05) is 44.2 Å². The first kappa shape index (κ1) is 56.9. The molecule has 20 atom stereocenters. The summed E-state index contributed by atoms with van der Waals surface area (Å²) in [5.41, 5.74) is 5.94. The minimum Gasteiger partial charge on any atom is -0.462 e. The number of aliphatic hydroxyl groups is 1. The third kappa shape index (κ3) is 12.1. The number of esters is 1. The zero-order valence-corrected chi connectivity index (χ0v) is 46.6. The second-order valence-electron chi connectivity index (χ2n) is 23.2. The van der Waals surface area contributed by atoms with Crippen LogP contribution in [0.3, 0.4) is 0 Å². The van der Waals surface area contributed by atoms with Crippen molar-refractivity contribution in [2.45, 2.75) is 230 Å². The van der Waals surface area contributed by atoms with Gasteiger partial charge in [0.05, 0.1) is 49.3 Å². The lowest BCUT2D eigenvalue weighted by Gasteiger charge is -2.49. The number of rotatable bonds is 11. The Kier molecular flexibility index (Phi) is 18.0. The van der Waals surface area contributed by atoms with Gasteiger partial charge >= 0.3 is 12.1 Å². The van der Waals surface area contributed by atoms with Crippen LogP contribution in [0.15, 0.2) is 59.3 Å². The third-order valence-electron chi connectivity index (χ3n) is 16.9. The molecule has 6 aliphatic heterocycles. The molecular formula is C55H87NO15Si. The van der Waals surface area contributed by atoms with Crippen LogP contribution in [0.2, 0.25) is 18.1 Å². The Bertz CT molecular complexity index is 2070. The van der Waals surface area contributed by atoms with Crippen molar-refractivity contribution in [3.63, 3.8) is 0 Å². The summed E-state index contributed by atoms with van der Waals surface area (Å²) in [7, 11) is 0.803. The standard InChI is InChI=1S/C55H87NO15Si/c1-16-30(2)46-33(5)22-23-54(70-46)28-39-25-38(69-54)21-20-32(4)45(66-43-26-41(60-12)48(35(7)63-43)67-44-27-42(61-13)49(36(8)64-44)68-52(56)58)31(3)18-17-19-37-29-62-50-47(71-72(14,15)53(9,10)11)34(6)24-40(51(57)65-39)55(37,50)59/h17-20,22-24,30-31,33,35-36,38-50,59H,16,21,25-29H2,1-15H3,(H2,56,58)/b18-17+,32-20+,37-19+/t30-,31-,33-,35-,36-,38+,39-,40-,41+,42+,43-,44-,45-,46+,47+,48-,49-,50+,54+,55+/m0/s1. The van der Waals surface area contributed by atoms with Crippen LogP contribution < -0.4 is 5.73 Å². The van der Waals surface area contributed by atoms with E-state index in [2.05, 4.69) is 80.6 Å². The molecule has 3 N–H and O–H groups in total. The topological polar surface area (TPSA) is 191 Å². The molecular weight excluding hydrogens is 943 g/mol. The average Bonchev–Trinajstić information content (AvgIpc) is 3.65. The number of ether oxygens (including phenoxy) is 11. The van der Waals surface area contributed by atoms with Crippen LogP contribution >= 0.6 is 0 Å².